The first kappa shape index (κ1) is 20.8. The first-order valence-electron chi connectivity index (χ1n) is 10.4. The average Bonchev–Trinajstić information content (AvgIpc) is 2.96. The third-order valence-corrected chi connectivity index (χ3v) is 6.00. The quantitative estimate of drug-likeness (QED) is 0.755. The SMILES string of the molecule is COCCN1C(=O)CC[C@@H](C(=O)NC2CCCCCC2)[C@@H]1c1ccccc1F. The van der Waals surface area contributed by atoms with E-state index in [0.717, 1.165) is 25.7 Å². The number of methoxy groups -OCH3 is 1. The highest BCUT2D eigenvalue weighted by Gasteiger charge is 2.41. The van der Waals surface area contributed by atoms with Crippen molar-refractivity contribution in [2.24, 2.45) is 5.92 Å². The summed E-state index contributed by atoms with van der Waals surface area (Å²) in [5, 5.41) is 3.21. The zero-order valence-corrected chi connectivity index (χ0v) is 16.7. The van der Waals surface area contributed by atoms with Crippen LogP contribution in [0.4, 0.5) is 4.39 Å². The smallest absolute Gasteiger partial charge is 0.225 e. The number of hydrogen-bond acceptors (Lipinski definition) is 3. The van der Waals surface area contributed by atoms with E-state index in [9.17, 15) is 14.0 Å². The normalized spacial score (nSPS) is 24.1. The fourth-order valence-electron chi connectivity index (χ4n) is 4.51. The van der Waals surface area contributed by atoms with E-state index in [-0.39, 0.29) is 23.7 Å². The zero-order chi connectivity index (χ0) is 19.9. The summed E-state index contributed by atoms with van der Waals surface area (Å²) in [5.41, 5.74) is 0.410. The summed E-state index contributed by atoms with van der Waals surface area (Å²) in [5.74, 6) is -0.939. The van der Waals surface area contributed by atoms with Crippen LogP contribution in [0.2, 0.25) is 0 Å². The Kier molecular flexibility index (Phi) is 7.43. The maximum atomic E-state index is 14.6. The van der Waals surface area contributed by atoms with Crippen molar-refractivity contribution in [3.05, 3.63) is 35.6 Å². The van der Waals surface area contributed by atoms with Crippen molar-refractivity contribution in [1.82, 2.24) is 10.2 Å². The van der Waals surface area contributed by atoms with Gasteiger partial charge in [-0.05, 0) is 25.3 Å². The van der Waals surface area contributed by atoms with Crippen LogP contribution in [-0.2, 0) is 14.3 Å². The highest BCUT2D eigenvalue weighted by Crippen LogP contribution is 2.38. The number of piperidine rings is 1. The minimum absolute atomic E-state index is 0.0520. The van der Waals surface area contributed by atoms with Crippen LogP contribution in [0.3, 0.4) is 0 Å². The van der Waals surface area contributed by atoms with Crippen molar-refractivity contribution in [2.45, 2.75) is 63.5 Å². The van der Waals surface area contributed by atoms with Crippen LogP contribution >= 0.6 is 0 Å². The van der Waals surface area contributed by atoms with Gasteiger partial charge in [-0.3, -0.25) is 9.59 Å². The number of nitrogens with zero attached hydrogens (tertiary/aromatic N) is 1. The Hall–Kier alpha value is -1.95. The van der Waals surface area contributed by atoms with Gasteiger partial charge in [0.15, 0.2) is 0 Å². The number of carbonyl (C=O) groups is 2. The largest absolute Gasteiger partial charge is 0.383 e. The van der Waals surface area contributed by atoms with Gasteiger partial charge in [-0.15, -0.1) is 0 Å². The van der Waals surface area contributed by atoms with E-state index >= 15 is 0 Å². The van der Waals surface area contributed by atoms with Crippen molar-refractivity contribution >= 4 is 11.8 Å². The van der Waals surface area contributed by atoms with Crippen molar-refractivity contribution in [3.8, 4) is 0 Å². The van der Waals surface area contributed by atoms with E-state index in [1.807, 2.05) is 0 Å². The minimum atomic E-state index is -0.594. The monoisotopic (exact) mass is 390 g/mol. The minimum Gasteiger partial charge on any atom is -0.383 e. The molecule has 5 nitrogen and oxygen atoms in total. The number of ether oxygens (including phenoxy) is 1. The molecule has 154 valence electrons. The van der Waals surface area contributed by atoms with E-state index in [0.29, 0.717) is 31.6 Å². The Morgan fingerprint density at radius 3 is 2.57 bits per heavy atom. The molecule has 0 radical (unpaired) electrons. The molecule has 1 aliphatic carbocycles. The Morgan fingerprint density at radius 2 is 1.89 bits per heavy atom. The van der Waals surface area contributed by atoms with Gasteiger partial charge in [0, 0.05) is 31.7 Å². The number of amides is 2. The molecule has 1 saturated heterocycles. The topological polar surface area (TPSA) is 58.6 Å². The van der Waals surface area contributed by atoms with Crippen LogP contribution < -0.4 is 5.32 Å². The molecule has 28 heavy (non-hydrogen) atoms. The maximum absolute atomic E-state index is 14.6. The van der Waals surface area contributed by atoms with Crippen LogP contribution in [-0.4, -0.2) is 43.0 Å². The van der Waals surface area contributed by atoms with E-state index in [2.05, 4.69) is 5.32 Å². The molecule has 1 heterocycles. The summed E-state index contributed by atoms with van der Waals surface area (Å²) in [6.07, 6.45) is 7.43. The average molecular weight is 390 g/mol. The van der Waals surface area contributed by atoms with Gasteiger partial charge in [-0.25, -0.2) is 4.39 Å². The number of benzene rings is 1. The number of rotatable bonds is 6. The van der Waals surface area contributed by atoms with Gasteiger partial charge in [0.2, 0.25) is 11.8 Å². The number of carbonyl (C=O) groups excluding carboxylic acids is 2. The number of likely N-dealkylation sites (tertiary alicyclic amines) is 1. The molecular weight excluding hydrogens is 359 g/mol. The first-order chi connectivity index (χ1) is 13.6. The Bertz CT molecular complexity index is 674. The summed E-state index contributed by atoms with van der Waals surface area (Å²) < 4.78 is 19.8. The second kappa shape index (κ2) is 10.0. The molecule has 0 aromatic heterocycles. The number of halogens is 1. The van der Waals surface area contributed by atoms with E-state index in [1.165, 1.54) is 18.9 Å². The number of nitrogens with one attached hydrogen (secondary N) is 1. The van der Waals surface area contributed by atoms with Crippen LogP contribution in [0, 0.1) is 11.7 Å². The molecule has 0 spiro atoms. The lowest BCUT2D eigenvalue weighted by atomic mass is 9.83. The van der Waals surface area contributed by atoms with Gasteiger partial charge in [-0.1, -0.05) is 43.9 Å². The second-order valence-corrected chi connectivity index (χ2v) is 7.89. The summed E-state index contributed by atoms with van der Waals surface area (Å²) in [4.78, 5) is 27.4. The molecule has 1 aromatic carbocycles. The molecule has 1 aliphatic heterocycles. The van der Waals surface area contributed by atoms with Crippen LogP contribution in [0.15, 0.2) is 24.3 Å². The third kappa shape index (κ3) is 4.90. The van der Waals surface area contributed by atoms with E-state index < -0.39 is 12.0 Å². The van der Waals surface area contributed by atoms with Gasteiger partial charge >= 0.3 is 0 Å². The fourth-order valence-corrected chi connectivity index (χ4v) is 4.51. The molecule has 2 amide bonds. The molecule has 0 bridgehead atoms. The predicted octanol–water partition coefficient (Wildman–Crippen LogP) is 3.59. The fraction of sp³-hybridized carbons (Fsp3) is 0.636. The van der Waals surface area contributed by atoms with Crippen LogP contribution in [0.25, 0.3) is 0 Å². The summed E-state index contributed by atoms with van der Waals surface area (Å²) >= 11 is 0. The summed E-state index contributed by atoms with van der Waals surface area (Å²) in [7, 11) is 1.57. The molecule has 1 saturated carbocycles. The molecular formula is C22H31FN2O3. The number of hydrogen-bond donors (Lipinski definition) is 1. The predicted molar refractivity (Wildman–Crippen MR) is 105 cm³/mol. The molecule has 3 rings (SSSR count). The van der Waals surface area contributed by atoms with Crippen molar-refractivity contribution in [1.29, 1.82) is 0 Å². The first-order valence-corrected chi connectivity index (χ1v) is 10.4. The maximum Gasteiger partial charge on any atom is 0.225 e. The molecule has 1 N–H and O–H groups in total. The third-order valence-electron chi connectivity index (χ3n) is 6.00. The molecule has 2 aliphatic rings. The van der Waals surface area contributed by atoms with E-state index in [1.54, 1.807) is 30.2 Å². The highest BCUT2D eigenvalue weighted by molar-refractivity contribution is 5.85. The highest BCUT2D eigenvalue weighted by atomic mass is 19.1. The molecule has 2 fully saturated rings. The van der Waals surface area contributed by atoms with Crippen LogP contribution in [0.5, 0.6) is 0 Å². The van der Waals surface area contributed by atoms with Gasteiger partial charge < -0.3 is 15.0 Å². The van der Waals surface area contributed by atoms with Crippen molar-refractivity contribution in [2.75, 3.05) is 20.3 Å². The molecule has 1 aromatic rings. The zero-order valence-electron chi connectivity index (χ0n) is 16.7. The van der Waals surface area contributed by atoms with E-state index in [4.69, 9.17) is 4.74 Å². The van der Waals surface area contributed by atoms with Gasteiger partial charge in [0.25, 0.3) is 0 Å². The molecule has 0 unspecified atom stereocenters. The van der Waals surface area contributed by atoms with Gasteiger partial charge in [0.05, 0.1) is 18.6 Å². The molecule has 6 heteroatoms. The Labute approximate surface area is 166 Å². The second-order valence-electron chi connectivity index (χ2n) is 7.89. The summed E-state index contributed by atoms with van der Waals surface area (Å²) in [6.45, 7) is 0.704. The Balaban J connectivity index is 1.84. The lowest BCUT2D eigenvalue weighted by molar-refractivity contribution is -0.144. The summed E-state index contributed by atoms with van der Waals surface area (Å²) in [6, 6.07) is 6.05. The molecule has 2 atom stereocenters. The van der Waals surface area contributed by atoms with Gasteiger partial charge in [-0.2, -0.15) is 0 Å². The standard InChI is InChI=1S/C22H31FN2O3/c1-28-15-14-25-20(26)13-12-18(21(25)17-10-6-7-11-19(17)23)22(27)24-16-8-4-2-3-5-9-16/h6-7,10-11,16,18,21H,2-5,8-9,12-15H2,1H3,(H,24,27)/t18-,21+/m1/s1. The van der Waals surface area contributed by atoms with Gasteiger partial charge in [0.1, 0.15) is 5.82 Å². The van der Waals surface area contributed by atoms with Crippen molar-refractivity contribution in [3.63, 3.8) is 0 Å². The van der Waals surface area contributed by atoms with Crippen molar-refractivity contribution < 1.29 is 18.7 Å². The lowest BCUT2D eigenvalue weighted by Gasteiger charge is -2.41. The Morgan fingerprint density at radius 1 is 1.18 bits per heavy atom. The van der Waals surface area contributed by atoms with Crippen LogP contribution in [0.1, 0.15) is 63.0 Å². The lowest BCUT2D eigenvalue weighted by Crippen LogP contribution is -2.50.